The van der Waals surface area contributed by atoms with E-state index in [4.69, 9.17) is 15.2 Å². The highest BCUT2D eigenvalue weighted by Gasteiger charge is 2.25. The van der Waals surface area contributed by atoms with Crippen LogP contribution in [0.2, 0.25) is 0 Å². The number of nitrogens with one attached hydrogen (secondary N) is 1. The lowest BCUT2D eigenvalue weighted by molar-refractivity contribution is -0.157. The molecule has 0 bridgehead atoms. The van der Waals surface area contributed by atoms with Gasteiger partial charge in [-0.25, -0.2) is 16.8 Å². The van der Waals surface area contributed by atoms with Gasteiger partial charge in [0.2, 0.25) is 0 Å². The van der Waals surface area contributed by atoms with Crippen molar-refractivity contribution in [3.63, 3.8) is 0 Å². The number of hydrogen-bond donors (Lipinski definition) is 2. The number of carbonyl (C=O) groups excluding carboxylic acids is 2. The number of esters is 2. The second-order valence-electron chi connectivity index (χ2n) is 9.98. The van der Waals surface area contributed by atoms with Gasteiger partial charge in [0, 0.05) is 6.42 Å². The predicted octanol–water partition coefficient (Wildman–Crippen LogP) is 3.13. The summed E-state index contributed by atoms with van der Waals surface area (Å²) in [4.78, 5) is 22.8. The van der Waals surface area contributed by atoms with Crippen LogP contribution in [0.3, 0.4) is 0 Å². The normalized spacial score (nSPS) is 13.1. The summed E-state index contributed by atoms with van der Waals surface area (Å²) in [6, 6.07) is 13.9. The molecule has 10 nitrogen and oxygen atoms in total. The fraction of sp³-hybridized carbons (Fsp3) is 0.440. The third-order valence-corrected chi connectivity index (χ3v) is 7.66. The lowest BCUT2D eigenvalue weighted by atomic mass is 10.1. The smallest absolute Gasteiger partial charge is 0.323 e. The molecule has 1 atom stereocenters. The molecule has 12 heteroatoms. The molecule has 0 aliphatic heterocycles. The molecule has 0 unspecified atom stereocenters. The van der Waals surface area contributed by atoms with Gasteiger partial charge < -0.3 is 15.2 Å². The molecule has 2 aromatic carbocycles. The third-order valence-electron chi connectivity index (χ3n) is 4.12. The van der Waals surface area contributed by atoms with Gasteiger partial charge in [-0.3, -0.25) is 9.59 Å². The highest BCUT2D eigenvalue weighted by Crippen LogP contribution is 2.14. The van der Waals surface area contributed by atoms with Crippen LogP contribution in [0, 0.1) is 0 Å². The predicted molar refractivity (Wildman–Crippen MR) is 139 cm³/mol. The van der Waals surface area contributed by atoms with Crippen molar-refractivity contribution in [1.29, 1.82) is 0 Å². The molecular weight excluding hydrogens is 520 g/mol. The summed E-state index contributed by atoms with van der Waals surface area (Å²) < 4.78 is 59.7. The molecule has 3 N–H and O–H groups in total. The Bertz CT molecular complexity index is 1170. The number of benzene rings is 2. The van der Waals surface area contributed by atoms with Crippen LogP contribution in [0.1, 0.15) is 54.4 Å². The van der Waals surface area contributed by atoms with Gasteiger partial charge in [0.05, 0.1) is 9.79 Å². The van der Waals surface area contributed by atoms with E-state index in [0.29, 0.717) is 0 Å². The molecular formula is C25H36N2O8S2. The Labute approximate surface area is 219 Å². The maximum atomic E-state index is 11.9. The van der Waals surface area contributed by atoms with Crippen molar-refractivity contribution < 1.29 is 35.9 Å². The van der Waals surface area contributed by atoms with Gasteiger partial charge >= 0.3 is 11.9 Å². The zero-order valence-electron chi connectivity index (χ0n) is 21.9. The van der Waals surface area contributed by atoms with E-state index in [-0.39, 0.29) is 28.6 Å². The first-order valence-electron chi connectivity index (χ1n) is 11.4. The zero-order valence-corrected chi connectivity index (χ0v) is 23.6. The minimum absolute atomic E-state index is 0.102. The molecule has 37 heavy (non-hydrogen) atoms. The van der Waals surface area contributed by atoms with E-state index in [1.807, 2.05) is 0 Å². The summed E-state index contributed by atoms with van der Waals surface area (Å²) in [5, 5.41) is 0. The number of carbonyl (C=O) groups is 2. The molecule has 0 fully saturated rings. The molecule has 2 rings (SSSR count). The average Bonchev–Trinajstić information content (AvgIpc) is 2.76. The van der Waals surface area contributed by atoms with Gasteiger partial charge in [-0.05, 0) is 72.2 Å². The molecule has 2 aromatic rings. The maximum Gasteiger partial charge on any atom is 0.323 e. The van der Waals surface area contributed by atoms with E-state index in [1.54, 1.807) is 57.8 Å². The van der Waals surface area contributed by atoms with Gasteiger partial charge in [-0.15, -0.1) is 4.13 Å². The second-order valence-corrected chi connectivity index (χ2v) is 13.6. The largest absolute Gasteiger partial charge is 0.460 e. The molecule has 0 aliphatic carbocycles. The summed E-state index contributed by atoms with van der Waals surface area (Å²) in [6.07, 6.45) is 0.335. The number of nitrogens with two attached hydrogens (primary N) is 1. The van der Waals surface area contributed by atoms with E-state index < -0.39 is 43.3 Å². The zero-order chi connectivity index (χ0) is 28.5. The Morgan fingerprint density at radius 3 is 1.49 bits per heavy atom. The minimum Gasteiger partial charge on any atom is -0.460 e. The number of ether oxygens (including phenoxy) is 2. The maximum absolute atomic E-state index is 11.9. The van der Waals surface area contributed by atoms with E-state index in [2.05, 4.69) is 0 Å². The molecule has 0 radical (unpaired) electrons. The van der Waals surface area contributed by atoms with Crippen LogP contribution in [0.4, 0.5) is 0 Å². The molecule has 0 saturated carbocycles. The monoisotopic (exact) mass is 556 g/mol. The SMILES string of the molecule is CC(C)(C)OC(=O)CC[C@H](N)C(=O)OC(C)(C)C.O=S(=O)(NS(=O)(=O)c1ccccc1)c1ccccc1. The summed E-state index contributed by atoms with van der Waals surface area (Å²) in [5.74, 6) is -0.854. The summed E-state index contributed by atoms with van der Waals surface area (Å²) in [5.41, 5.74) is 4.56. The van der Waals surface area contributed by atoms with E-state index in [9.17, 15) is 26.4 Å². The number of rotatable bonds is 8. The van der Waals surface area contributed by atoms with Crippen LogP contribution in [0.5, 0.6) is 0 Å². The first-order chi connectivity index (χ1) is 16.8. The Morgan fingerprint density at radius 2 is 1.14 bits per heavy atom. The standard InChI is InChI=1S/C13H25NO4.C12H11NO4S2/c1-12(2,3)17-10(15)8-7-9(14)11(16)18-13(4,5)6;14-18(15,11-7-3-1-4-8-11)13-19(16,17)12-9-5-2-6-10-12/h9H,7-8,14H2,1-6H3;1-10,13H/t9-;/m0./s1. The van der Waals surface area contributed by atoms with Crippen molar-refractivity contribution in [3.8, 4) is 0 Å². The lowest BCUT2D eigenvalue weighted by Gasteiger charge is -2.22. The molecule has 0 spiro atoms. The fourth-order valence-corrected chi connectivity index (χ4v) is 5.56. The Morgan fingerprint density at radius 1 is 0.757 bits per heavy atom. The molecule has 0 heterocycles. The van der Waals surface area contributed by atoms with Crippen LogP contribution in [-0.4, -0.2) is 46.0 Å². The number of sulfonamides is 2. The second kappa shape index (κ2) is 13.1. The Kier molecular flexibility index (Phi) is 11.4. The van der Waals surface area contributed by atoms with Crippen LogP contribution in [0.15, 0.2) is 70.5 Å². The number of hydrogen-bond acceptors (Lipinski definition) is 9. The summed E-state index contributed by atoms with van der Waals surface area (Å²) in [7, 11) is -8.21. The van der Waals surface area contributed by atoms with Crippen molar-refractivity contribution in [3.05, 3.63) is 60.7 Å². The Hall–Kier alpha value is -2.80. The summed E-state index contributed by atoms with van der Waals surface area (Å²) in [6.45, 7) is 10.7. The highest BCUT2D eigenvalue weighted by molar-refractivity contribution is 8.04. The van der Waals surface area contributed by atoms with Gasteiger partial charge in [-0.2, -0.15) is 0 Å². The van der Waals surface area contributed by atoms with Crippen LogP contribution >= 0.6 is 0 Å². The van der Waals surface area contributed by atoms with Crippen molar-refractivity contribution in [2.75, 3.05) is 0 Å². The topological polar surface area (TPSA) is 159 Å². The first-order valence-corrected chi connectivity index (χ1v) is 14.4. The third kappa shape index (κ3) is 12.8. The van der Waals surface area contributed by atoms with Gasteiger partial charge in [0.25, 0.3) is 20.0 Å². The first kappa shape index (κ1) is 32.2. The quantitative estimate of drug-likeness (QED) is 0.466. The fourth-order valence-electron chi connectivity index (χ4n) is 2.60. The van der Waals surface area contributed by atoms with Crippen LogP contribution in [-0.2, 0) is 39.1 Å². The molecule has 0 aromatic heterocycles. The van der Waals surface area contributed by atoms with Crippen molar-refractivity contribution in [1.82, 2.24) is 4.13 Å². The van der Waals surface area contributed by atoms with Crippen molar-refractivity contribution >= 4 is 32.0 Å². The van der Waals surface area contributed by atoms with Crippen molar-refractivity contribution in [2.45, 2.75) is 81.4 Å². The minimum atomic E-state index is -4.10. The van der Waals surface area contributed by atoms with E-state index in [0.717, 1.165) is 0 Å². The molecule has 206 valence electrons. The summed E-state index contributed by atoms with van der Waals surface area (Å²) >= 11 is 0. The van der Waals surface area contributed by atoms with Gasteiger partial charge in [0.1, 0.15) is 17.2 Å². The van der Waals surface area contributed by atoms with E-state index in [1.165, 1.54) is 48.5 Å². The van der Waals surface area contributed by atoms with Gasteiger partial charge in [0.15, 0.2) is 0 Å². The molecule has 0 aliphatic rings. The average molecular weight is 557 g/mol. The Balaban J connectivity index is 0.000000371. The van der Waals surface area contributed by atoms with Crippen LogP contribution in [0.25, 0.3) is 0 Å². The van der Waals surface area contributed by atoms with Gasteiger partial charge in [-0.1, -0.05) is 36.4 Å². The molecule has 0 amide bonds. The van der Waals surface area contributed by atoms with E-state index >= 15 is 0 Å². The molecule has 0 saturated heterocycles. The highest BCUT2D eigenvalue weighted by atomic mass is 32.3. The van der Waals surface area contributed by atoms with Crippen LogP contribution < -0.4 is 9.86 Å². The van der Waals surface area contributed by atoms with Crippen molar-refractivity contribution in [2.24, 2.45) is 5.73 Å². The lowest BCUT2D eigenvalue weighted by Crippen LogP contribution is -2.38.